The highest BCUT2D eigenvalue weighted by molar-refractivity contribution is 7.21. The average molecular weight is 419 g/mol. The Balaban J connectivity index is 1.63. The fraction of sp³-hybridized carbons (Fsp3) is 0.375. The van der Waals surface area contributed by atoms with E-state index in [9.17, 15) is 4.79 Å². The number of nitrogens with two attached hydrogens (primary N) is 1. The summed E-state index contributed by atoms with van der Waals surface area (Å²) >= 11 is 1.34. The van der Waals surface area contributed by atoms with Gasteiger partial charge in [0.1, 0.15) is 9.71 Å². The molecule has 3 aromatic rings. The molecule has 1 unspecified atom stereocenters. The number of carbonyl (C=O) groups is 1. The minimum Gasteiger partial charge on any atom is -0.397 e. The highest BCUT2D eigenvalue weighted by Gasteiger charge is 2.32. The minimum absolute atomic E-state index is 0.247. The number of benzene rings is 1. The molecule has 2 aromatic heterocycles. The fourth-order valence-electron chi connectivity index (χ4n) is 4.13. The first-order chi connectivity index (χ1) is 14.3. The summed E-state index contributed by atoms with van der Waals surface area (Å²) in [5, 5.41) is 12.7. The third kappa shape index (κ3) is 3.66. The first-order valence-electron chi connectivity index (χ1n) is 10.3. The van der Waals surface area contributed by atoms with Gasteiger partial charge in [-0.1, -0.05) is 27.2 Å². The number of anilines is 2. The summed E-state index contributed by atoms with van der Waals surface area (Å²) in [6.45, 7) is 6.95. The summed E-state index contributed by atoms with van der Waals surface area (Å²) in [5.41, 5.74) is 10.8. The zero-order chi connectivity index (χ0) is 21.5. The quantitative estimate of drug-likeness (QED) is 0.581. The van der Waals surface area contributed by atoms with Gasteiger partial charge in [0.15, 0.2) is 0 Å². The van der Waals surface area contributed by atoms with E-state index in [1.165, 1.54) is 16.9 Å². The maximum Gasteiger partial charge on any atom is 0.267 e. The van der Waals surface area contributed by atoms with E-state index in [1.54, 1.807) is 24.3 Å². The van der Waals surface area contributed by atoms with Gasteiger partial charge < -0.3 is 11.1 Å². The summed E-state index contributed by atoms with van der Waals surface area (Å²) in [4.78, 5) is 19.0. The molecule has 1 aliphatic rings. The molecule has 3 N–H and O–H groups in total. The van der Waals surface area contributed by atoms with Crippen molar-refractivity contribution in [3.05, 3.63) is 52.0 Å². The maximum absolute atomic E-state index is 12.8. The van der Waals surface area contributed by atoms with E-state index in [-0.39, 0.29) is 5.91 Å². The van der Waals surface area contributed by atoms with E-state index in [2.05, 4.69) is 38.2 Å². The molecule has 0 fully saturated rings. The lowest BCUT2D eigenvalue weighted by Gasteiger charge is -2.36. The lowest BCUT2D eigenvalue weighted by molar-refractivity contribution is 0.103. The third-order valence-electron chi connectivity index (χ3n) is 6.58. The number of nitrogens with one attached hydrogen (secondary N) is 1. The normalized spacial score (nSPS) is 16.1. The zero-order valence-corrected chi connectivity index (χ0v) is 18.4. The number of rotatable bonds is 4. The molecule has 0 aliphatic heterocycles. The van der Waals surface area contributed by atoms with Gasteiger partial charge in [0, 0.05) is 16.8 Å². The number of hydrogen-bond donors (Lipinski definition) is 2. The van der Waals surface area contributed by atoms with Crippen molar-refractivity contribution in [2.24, 2.45) is 11.3 Å². The van der Waals surface area contributed by atoms with Crippen molar-refractivity contribution in [1.82, 2.24) is 4.98 Å². The molecule has 1 aromatic carbocycles. The van der Waals surface area contributed by atoms with Crippen molar-refractivity contribution in [1.29, 1.82) is 5.26 Å². The lowest BCUT2D eigenvalue weighted by Crippen LogP contribution is -2.29. The molecular formula is C24H26N4OS. The van der Waals surface area contributed by atoms with E-state index < -0.39 is 0 Å². The molecule has 0 saturated carbocycles. The third-order valence-corrected chi connectivity index (χ3v) is 7.69. The average Bonchev–Trinajstić information content (AvgIpc) is 3.08. The van der Waals surface area contributed by atoms with Crippen molar-refractivity contribution < 1.29 is 4.79 Å². The van der Waals surface area contributed by atoms with Crippen LogP contribution in [0.25, 0.3) is 10.2 Å². The standard InChI is InChI=1S/C24H26N4OS/c1-4-24(2,3)16-7-10-19-15(11-16)12-18-20(26)21(30-23(18)28-19)22(29)27-17-8-5-14(13-25)6-9-17/h5-6,8-9,12,16H,4,7,10-11,26H2,1-3H3,(H,27,29). The van der Waals surface area contributed by atoms with Gasteiger partial charge in [-0.05, 0) is 66.5 Å². The number of pyridine rings is 1. The van der Waals surface area contributed by atoms with Crippen molar-refractivity contribution in [2.75, 3.05) is 11.1 Å². The Morgan fingerprint density at radius 2 is 2.10 bits per heavy atom. The zero-order valence-electron chi connectivity index (χ0n) is 17.6. The predicted molar refractivity (Wildman–Crippen MR) is 123 cm³/mol. The Hall–Kier alpha value is -2.91. The summed E-state index contributed by atoms with van der Waals surface area (Å²) < 4.78 is 0. The van der Waals surface area contributed by atoms with Gasteiger partial charge in [-0.2, -0.15) is 5.26 Å². The number of fused-ring (bicyclic) bond motifs is 2. The van der Waals surface area contributed by atoms with E-state index in [4.69, 9.17) is 16.0 Å². The van der Waals surface area contributed by atoms with Crippen LogP contribution in [-0.4, -0.2) is 10.9 Å². The first kappa shape index (κ1) is 20.4. The van der Waals surface area contributed by atoms with Gasteiger partial charge in [-0.3, -0.25) is 4.79 Å². The van der Waals surface area contributed by atoms with Crippen molar-refractivity contribution >= 4 is 38.8 Å². The molecular weight excluding hydrogens is 392 g/mol. The van der Waals surface area contributed by atoms with Crippen LogP contribution in [0.15, 0.2) is 30.3 Å². The second-order valence-corrected chi connectivity index (χ2v) is 9.72. The SMILES string of the molecule is CCC(C)(C)C1CCc2nc3sc(C(=O)Nc4ccc(C#N)cc4)c(N)c3cc2C1. The Bertz CT molecular complexity index is 1150. The second kappa shape index (κ2) is 7.73. The topological polar surface area (TPSA) is 91.8 Å². The van der Waals surface area contributed by atoms with Crippen LogP contribution in [-0.2, 0) is 12.8 Å². The van der Waals surface area contributed by atoms with Crippen LogP contribution in [0.1, 0.15) is 60.1 Å². The molecule has 1 amide bonds. The molecule has 5 nitrogen and oxygen atoms in total. The van der Waals surface area contributed by atoms with Crippen molar-refractivity contribution in [2.45, 2.75) is 46.5 Å². The molecule has 30 heavy (non-hydrogen) atoms. The van der Waals surface area contributed by atoms with E-state index in [1.807, 2.05) is 0 Å². The number of aryl methyl sites for hydroxylation is 1. The monoisotopic (exact) mass is 418 g/mol. The Labute approximate surface area is 180 Å². The number of amides is 1. The van der Waals surface area contributed by atoms with Crippen molar-refractivity contribution in [3.63, 3.8) is 0 Å². The molecule has 6 heteroatoms. The predicted octanol–water partition coefficient (Wildman–Crippen LogP) is 5.54. The Morgan fingerprint density at radius 3 is 2.77 bits per heavy atom. The second-order valence-electron chi connectivity index (χ2n) is 8.72. The Morgan fingerprint density at radius 1 is 1.37 bits per heavy atom. The highest BCUT2D eigenvalue weighted by Crippen LogP contribution is 2.42. The fourth-order valence-corrected chi connectivity index (χ4v) is 5.12. The summed E-state index contributed by atoms with van der Waals surface area (Å²) in [6.07, 6.45) is 4.30. The van der Waals surface area contributed by atoms with E-state index >= 15 is 0 Å². The number of hydrogen-bond acceptors (Lipinski definition) is 5. The van der Waals surface area contributed by atoms with Gasteiger partial charge in [0.25, 0.3) is 5.91 Å². The number of thiophene rings is 1. The van der Waals surface area contributed by atoms with Crippen LogP contribution >= 0.6 is 11.3 Å². The molecule has 0 spiro atoms. The lowest BCUT2D eigenvalue weighted by atomic mass is 9.69. The summed E-state index contributed by atoms with van der Waals surface area (Å²) in [5.74, 6) is 0.386. The Kier molecular flexibility index (Phi) is 5.25. The molecule has 0 bridgehead atoms. The number of nitrogens with zero attached hydrogens (tertiary/aromatic N) is 2. The molecule has 4 rings (SSSR count). The van der Waals surface area contributed by atoms with Crippen LogP contribution in [0.2, 0.25) is 0 Å². The molecule has 1 aliphatic carbocycles. The summed E-state index contributed by atoms with van der Waals surface area (Å²) in [7, 11) is 0. The minimum atomic E-state index is -0.247. The molecule has 1 atom stereocenters. The van der Waals surface area contributed by atoms with Gasteiger partial charge in [0.2, 0.25) is 0 Å². The van der Waals surface area contributed by atoms with Gasteiger partial charge >= 0.3 is 0 Å². The highest BCUT2D eigenvalue weighted by atomic mass is 32.1. The largest absolute Gasteiger partial charge is 0.397 e. The molecule has 2 heterocycles. The van der Waals surface area contributed by atoms with Gasteiger partial charge in [-0.15, -0.1) is 11.3 Å². The molecule has 154 valence electrons. The van der Waals surface area contributed by atoms with Crippen LogP contribution < -0.4 is 11.1 Å². The van der Waals surface area contributed by atoms with E-state index in [0.717, 1.165) is 41.6 Å². The van der Waals surface area contributed by atoms with Crippen LogP contribution in [0, 0.1) is 22.7 Å². The number of carbonyl (C=O) groups excluding carboxylic acids is 1. The van der Waals surface area contributed by atoms with Crippen molar-refractivity contribution in [3.8, 4) is 6.07 Å². The number of nitrogen functional groups attached to an aromatic ring is 1. The first-order valence-corrected chi connectivity index (χ1v) is 11.2. The number of nitriles is 1. The molecule has 0 radical (unpaired) electrons. The maximum atomic E-state index is 12.8. The van der Waals surface area contributed by atoms with Crippen LogP contribution in [0.3, 0.4) is 0 Å². The number of aromatic nitrogens is 1. The van der Waals surface area contributed by atoms with Gasteiger partial charge in [0.05, 0.1) is 17.3 Å². The smallest absolute Gasteiger partial charge is 0.267 e. The molecule has 0 saturated heterocycles. The van der Waals surface area contributed by atoms with Gasteiger partial charge in [-0.25, -0.2) is 4.98 Å². The summed E-state index contributed by atoms with van der Waals surface area (Å²) in [6, 6.07) is 11.0. The van der Waals surface area contributed by atoms with Crippen LogP contribution in [0.4, 0.5) is 11.4 Å². The van der Waals surface area contributed by atoms with E-state index in [0.29, 0.717) is 33.1 Å². The van der Waals surface area contributed by atoms with Crippen LogP contribution in [0.5, 0.6) is 0 Å².